The first-order valence-electron chi connectivity index (χ1n) is 10.8. The summed E-state index contributed by atoms with van der Waals surface area (Å²) >= 11 is 0. The molecule has 0 amide bonds. The summed E-state index contributed by atoms with van der Waals surface area (Å²) in [7, 11) is 1.63. The monoisotopic (exact) mass is 421 g/mol. The van der Waals surface area contributed by atoms with Crippen molar-refractivity contribution in [1.29, 1.82) is 0 Å². The fourth-order valence-electron chi connectivity index (χ4n) is 4.28. The predicted octanol–water partition coefficient (Wildman–Crippen LogP) is 2.91. The summed E-state index contributed by atoms with van der Waals surface area (Å²) in [6, 6.07) is 7.57. The molecule has 0 N–H and O–H groups in total. The molecule has 1 fully saturated rings. The van der Waals surface area contributed by atoms with Crippen LogP contribution in [0.3, 0.4) is 0 Å². The molecule has 0 aliphatic heterocycles. The summed E-state index contributed by atoms with van der Waals surface area (Å²) in [6.07, 6.45) is 0. The lowest BCUT2D eigenvalue weighted by Gasteiger charge is -2.53. The van der Waals surface area contributed by atoms with E-state index < -0.39 is 11.8 Å². The lowest BCUT2D eigenvalue weighted by atomic mass is 9.60. The van der Waals surface area contributed by atoms with Crippen LogP contribution < -0.4 is 4.74 Å². The van der Waals surface area contributed by atoms with E-state index in [1.807, 2.05) is 24.3 Å². The first-order valence-corrected chi connectivity index (χ1v) is 10.8. The lowest BCUT2D eigenvalue weighted by molar-refractivity contribution is -0.189. The Balaban J connectivity index is 2.15. The maximum absolute atomic E-state index is 12.7. The highest BCUT2D eigenvalue weighted by molar-refractivity contribution is 5.85. The number of carbonyl (C=O) groups is 2. The number of benzene rings is 1. The molecule has 0 heterocycles. The van der Waals surface area contributed by atoms with Crippen LogP contribution in [0.2, 0.25) is 0 Å². The van der Waals surface area contributed by atoms with Gasteiger partial charge in [0.25, 0.3) is 0 Å². The van der Waals surface area contributed by atoms with E-state index in [0.29, 0.717) is 13.2 Å². The molecule has 1 aliphatic carbocycles. The van der Waals surface area contributed by atoms with Gasteiger partial charge in [-0.15, -0.1) is 0 Å². The molecule has 0 spiro atoms. The Hall–Kier alpha value is -2.12. The number of rotatable bonds is 12. The van der Waals surface area contributed by atoms with Crippen LogP contribution in [0.5, 0.6) is 5.75 Å². The second-order valence-electron chi connectivity index (χ2n) is 7.29. The normalized spacial score (nSPS) is 23.0. The largest absolute Gasteiger partial charge is 0.497 e. The molecule has 0 bridgehead atoms. The molecule has 4 atom stereocenters. The van der Waals surface area contributed by atoms with Gasteiger partial charge in [-0.2, -0.15) is 0 Å². The minimum atomic E-state index is -0.550. The molecule has 0 unspecified atom stereocenters. The third kappa shape index (κ3) is 5.52. The SMILES string of the molecule is CCOC(=O)[C@@H]1[C@@H](C(=O)OCC)[C@H](COCc2ccc(OC)cc2)[C@H]1N(CC)CC. The van der Waals surface area contributed by atoms with Crippen molar-refractivity contribution in [2.24, 2.45) is 17.8 Å². The van der Waals surface area contributed by atoms with Gasteiger partial charge in [-0.3, -0.25) is 14.5 Å². The summed E-state index contributed by atoms with van der Waals surface area (Å²) in [6.45, 7) is 10.6. The van der Waals surface area contributed by atoms with Crippen molar-refractivity contribution in [2.75, 3.05) is 40.0 Å². The Kier molecular flexibility index (Phi) is 9.59. The van der Waals surface area contributed by atoms with Crippen molar-refractivity contribution < 1.29 is 28.5 Å². The Bertz CT molecular complexity index is 673. The van der Waals surface area contributed by atoms with Crippen LogP contribution in [0.4, 0.5) is 0 Å². The molecule has 1 saturated carbocycles. The standard InChI is InChI=1S/C23H35NO6/c1-6-24(7-2)21-18(15-28-14-16-10-12-17(27-5)13-11-16)19(22(25)29-8-3)20(21)23(26)30-9-4/h10-13,18-21H,6-9,14-15H2,1-5H3/t18-,19-,20+,21+/m0/s1. The number of nitrogens with zero attached hydrogens (tertiary/aromatic N) is 1. The molecule has 0 saturated heterocycles. The highest BCUT2D eigenvalue weighted by Gasteiger charge is 2.60. The van der Waals surface area contributed by atoms with Crippen LogP contribution in [0.15, 0.2) is 24.3 Å². The number of methoxy groups -OCH3 is 1. The van der Waals surface area contributed by atoms with E-state index in [4.69, 9.17) is 18.9 Å². The molecular formula is C23H35NO6. The van der Waals surface area contributed by atoms with E-state index >= 15 is 0 Å². The third-order valence-electron chi connectivity index (χ3n) is 5.74. The molecule has 7 heteroatoms. The Labute approximate surface area is 179 Å². The van der Waals surface area contributed by atoms with Crippen molar-refractivity contribution in [3.05, 3.63) is 29.8 Å². The fraction of sp³-hybridized carbons (Fsp3) is 0.652. The third-order valence-corrected chi connectivity index (χ3v) is 5.74. The number of esters is 2. The second kappa shape index (κ2) is 11.9. The van der Waals surface area contributed by atoms with Gasteiger partial charge in [-0.25, -0.2) is 0 Å². The number of ether oxygens (including phenoxy) is 4. The van der Waals surface area contributed by atoms with Crippen LogP contribution in [-0.2, 0) is 30.4 Å². The maximum atomic E-state index is 12.7. The van der Waals surface area contributed by atoms with E-state index in [0.717, 1.165) is 24.4 Å². The topological polar surface area (TPSA) is 74.3 Å². The van der Waals surface area contributed by atoms with Gasteiger partial charge in [-0.1, -0.05) is 26.0 Å². The van der Waals surface area contributed by atoms with Gasteiger partial charge in [0.15, 0.2) is 0 Å². The average molecular weight is 422 g/mol. The van der Waals surface area contributed by atoms with E-state index in [-0.39, 0.29) is 37.1 Å². The van der Waals surface area contributed by atoms with Crippen molar-refractivity contribution in [1.82, 2.24) is 4.90 Å². The van der Waals surface area contributed by atoms with Crippen LogP contribution >= 0.6 is 0 Å². The smallest absolute Gasteiger partial charge is 0.311 e. The van der Waals surface area contributed by atoms with Gasteiger partial charge in [-0.05, 0) is 44.6 Å². The van der Waals surface area contributed by atoms with Crippen LogP contribution in [0.1, 0.15) is 33.3 Å². The Morgan fingerprint density at radius 1 is 0.900 bits per heavy atom. The quantitative estimate of drug-likeness (QED) is 0.481. The zero-order valence-corrected chi connectivity index (χ0v) is 18.8. The molecule has 0 radical (unpaired) electrons. The van der Waals surface area contributed by atoms with Crippen LogP contribution in [0, 0.1) is 17.8 Å². The molecule has 1 aromatic carbocycles. The van der Waals surface area contributed by atoms with Crippen LogP contribution in [0.25, 0.3) is 0 Å². The minimum Gasteiger partial charge on any atom is -0.497 e. The predicted molar refractivity (Wildman–Crippen MR) is 113 cm³/mol. The maximum Gasteiger partial charge on any atom is 0.311 e. The highest BCUT2D eigenvalue weighted by Crippen LogP contribution is 2.46. The molecule has 1 aromatic rings. The number of hydrogen-bond acceptors (Lipinski definition) is 7. The number of carbonyl (C=O) groups excluding carboxylic acids is 2. The summed E-state index contributed by atoms with van der Waals surface area (Å²) in [5.41, 5.74) is 1.02. The minimum absolute atomic E-state index is 0.107. The van der Waals surface area contributed by atoms with E-state index in [1.54, 1.807) is 21.0 Å². The van der Waals surface area contributed by atoms with Gasteiger partial charge in [0.2, 0.25) is 0 Å². The van der Waals surface area contributed by atoms with Crippen molar-refractivity contribution in [3.8, 4) is 5.75 Å². The van der Waals surface area contributed by atoms with Crippen LogP contribution in [-0.4, -0.2) is 62.9 Å². The highest BCUT2D eigenvalue weighted by atomic mass is 16.5. The van der Waals surface area contributed by atoms with E-state index in [9.17, 15) is 9.59 Å². The first kappa shape index (κ1) is 24.2. The zero-order valence-electron chi connectivity index (χ0n) is 18.8. The second-order valence-corrected chi connectivity index (χ2v) is 7.29. The summed E-state index contributed by atoms with van der Waals surface area (Å²) in [4.78, 5) is 27.6. The van der Waals surface area contributed by atoms with E-state index in [2.05, 4.69) is 18.7 Å². The summed E-state index contributed by atoms with van der Waals surface area (Å²) in [5, 5.41) is 0. The van der Waals surface area contributed by atoms with Gasteiger partial charge >= 0.3 is 11.9 Å². The fourth-order valence-corrected chi connectivity index (χ4v) is 4.28. The average Bonchev–Trinajstić information content (AvgIpc) is 2.74. The Morgan fingerprint density at radius 2 is 1.47 bits per heavy atom. The molecule has 168 valence electrons. The van der Waals surface area contributed by atoms with Crippen molar-refractivity contribution in [2.45, 2.75) is 40.3 Å². The molecule has 2 rings (SSSR count). The first-order chi connectivity index (χ1) is 14.5. The Morgan fingerprint density at radius 3 is 1.97 bits per heavy atom. The lowest BCUT2D eigenvalue weighted by Crippen LogP contribution is -2.66. The molecule has 30 heavy (non-hydrogen) atoms. The molecular weight excluding hydrogens is 386 g/mol. The van der Waals surface area contributed by atoms with E-state index in [1.165, 1.54) is 0 Å². The molecule has 1 aliphatic rings. The summed E-state index contributed by atoms with van der Waals surface area (Å²) in [5.74, 6) is -1.10. The summed E-state index contributed by atoms with van der Waals surface area (Å²) < 4.78 is 21.7. The van der Waals surface area contributed by atoms with Gasteiger partial charge in [0, 0.05) is 12.0 Å². The number of hydrogen-bond donors (Lipinski definition) is 0. The van der Waals surface area contributed by atoms with Gasteiger partial charge in [0.1, 0.15) is 5.75 Å². The van der Waals surface area contributed by atoms with Crippen molar-refractivity contribution >= 4 is 11.9 Å². The molecule has 0 aromatic heterocycles. The van der Waals surface area contributed by atoms with Gasteiger partial charge in [0.05, 0.1) is 45.4 Å². The molecule has 7 nitrogen and oxygen atoms in total. The van der Waals surface area contributed by atoms with Crippen molar-refractivity contribution in [3.63, 3.8) is 0 Å². The zero-order chi connectivity index (χ0) is 22.1. The van der Waals surface area contributed by atoms with Gasteiger partial charge < -0.3 is 18.9 Å².